The van der Waals surface area contributed by atoms with Crippen LogP contribution in [-0.4, -0.2) is 26.2 Å². The third-order valence-corrected chi connectivity index (χ3v) is 6.03. The molecule has 0 saturated heterocycles. The lowest BCUT2D eigenvalue weighted by atomic mass is 10.2. The number of para-hydroxylation sites is 1. The van der Waals surface area contributed by atoms with E-state index in [1.54, 1.807) is 38.1 Å². The molecule has 1 N–H and O–H groups in total. The Bertz CT molecular complexity index is 880. The molecule has 1 amide bonds. The van der Waals surface area contributed by atoms with Gasteiger partial charge in [0.1, 0.15) is 5.75 Å². The SMILES string of the molecule is CCS(=O)(=O)c1ccccc1NC(=O)C(C)Oc1ccc(C)cc1Br. The number of benzene rings is 2. The van der Waals surface area contributed by atoms with Crippen LogP contribution in [0, 0.1) is 6.92 Å². The average Bonchev–Trinajstić information content (AvgIpc) is 2.57. The Hall–Kier alpha value is -1.86. The van der Waals surface area contributed by atoms with Gasteiger partial charge in [0.25, 0.3) is 5.91 Å². The van der Waals surface area contributed by atoms with Crippen molar-refractivity contribution < 1.29 is 17.9 Å². The number of carbonyl (C=O) groups excluding carboxylic acids is 1. The third-order valence-electron chi connectivity index (χ3n) is 3.62. The number of hydrogen-bond donors (Lipinski definition) is 1. The third kappa shape index (κ3) is 4.83. The van der Waals surface area contributed by atoms with Crippen molar-refractivity contribution in [3.8, 4) is 5.75 Å². The van der Waals surface area contributed by atoms with Gasteiger partial charge in [0.15, 0.2) is 15.9 Å². The quantitative estimate of drug-likeness (QED) is 0.759. The fourth-order valence-corrected chi connectivity index (χ4v) is 3.81. The summed E-state index contributed by atoms with van der Waals surface area (Å²) in [5.41, 5.74) is 1.32. The zero-order valence-corrected chi connectivity index (χ0v) is 16.6. The highest BCUT2D eigenvalue weighted by molar-refractivity contribution is 9.10. The van der Waals surface area contributed by atoms with Gasteiger partial charge in [0.05, 0.1) is 20.8 Å². The van der Waals surface area contributed by atoms with Crippen LogP contribution in [0.1, 0.15) is 19.4 Å². The summed E-state index contributed by atoms with van der Waals surface area (Å²) in [5.74, 6) is 0.0800. The molecule has 0 aliphatic heterocycles. The summed E-state index contributed by atoms with van der Waals surface area (Å²) in [5, 5.41) is 2.64. The number of ether oxygens (including phenoxy) is 1. The summed E-state index contributed by atoms with van der Waals surface area (Å²) in [4.78, 5) is 12.5. The molecule has 0 radical (unpaired) electrons. The highest BCUT2D eigenvalue weighted by Crippen LogP contribution is 2.27. The minimum atomic E-state index is -3.43. The molecule has 1 unspecified atom stereocenters. The van der Waals surface area contributed by atoms with Gasteiger partial charge < -0.3 is 10.1 Å². The first-order chi connectivity index (χ1) is 11.7. The molecule has 2 aromatic rings. The van der Waals surface area contributed by atoms with E-state index in [9.17, 15) is 13.2 Å². The van der Waals surface area contributed by atoms with Crippen LogP contribution in [0.25, 0.3) is 0 Å². The monoisotopic (exact) mass is 425 g/mol. The van der Waals surface area contributed by atoms with Gasteiger partial charge >= 0.3 is 0 Å². The highest BCUT2D eigenvalue weighted by Gasteiger charge is 2.21. The first-order valence-corrected chi connectivity index (χ1v) is 10.2. The number of aryl methyl sites for hydroxylation is 1. The number of nitrogens with one attached hydrogen (secondary N) is 1. The van der Waals surface area contributed by atoms with Crippen LogP contribution >= 0.6 is 15.9 Å². The zero-order valence-electron chi connectivity index (χ0n) is 14.2. The summed E-state index contributed by atoms with van der Waals surface area (Å²) < 4.78 is 30.7. The molecule has 134 valence electrons. The molecule has 0 bridgehead atoms. The fourth-order valence-electron chi connectivity index (χ4n) is 2.18. The van der Waals surface area contributed by atoms with Crippen molar-refractivity contribution in [2.24, 2.45) is 0 Å². The molecule has 0 fully saturated rings. The lowest BCUT2D eigenvalue weighted by Crippen LogP contribution is -2.30. The highest BCUT2D eigenvalue weighted by atomic mass is 79.9. The van der Waals surface area contributed by atoms with Crippen LogP contribution in [0.3, 0.4) is 0 Å². The Morgan fingerprint density at radius 2 is 1.92 bits per heavy atom. The molecular weight excluding hydrogens is 406 g/mol. The van der Waals surface area contributed by atoms with Crippen molar-refractivity contribution in [2.45, 2.75) is 31.8 Å². The molecular formula is C18H20BrNO4S. The van der Waals surface area contributed by atoms with Crippen LogP contribution in [0.4, 0.5) is 5.69 Å². The predicted molar refractivity (Wildman–Crippen MR) is 102 cm³/mol. The van der Waals surface area contributed by atoms with Crippen LogP contribution in [0.5, 0.6) is 5.75 Å². The molecule has 0 spiro atoms. The van der Waals surface area contributed by atoms with E-state index in [1.807, 2.05) is 19.1 Å². The molecule has 0 heterocycles. The summed E-state index contributed by atoms with van der Waals surface area (Å²) in [7, 11) is -3.43. The maximum absolute atomic E-state index is 12.4. The molecule has 0 aromatic heterocycles. The van der Waals surface area contributed by atoms with Gasteiger partial charge in [-0.15, -0.1) is 0 Å². The standard InChI is InChI=1S/C18H20BrNO4S/c1-4-25(22,23)17-8-6-5-7-15(17)20-18(21)13(3)24-16-10-9-12(2)11-14(16)19/h5-11,13H,4H2,1-3H3,(H,20,21). The topological polar surface area (TPSA) is 72.5 Å². The van der Waals surface area contributed by atoms with E-state index in [4.69, 9.17) is 4.74 Å². The summed E-state index contributed by atoms with van der Waals surface area (Å²) in [6.07, 6.45) is -0.795. The maximum Gasteiger partial charge on any atom is 0.265 e. The molecule has 0 aliphatic rings. The van der Waals surface area contributed by atoms with E-state index in [1.165, 1.54) is 6.07 Å². The summed E-state index contributed by atoms with van der Waals surface area (Å²) >= 11 is 3.40. The minimum absolute atomic E-state index is 0.0394. The number of carbonyl (C=O) groups is 1. The van der Waals surface area contributed by atoms with Crippen molar-refractivity contribution in [1.29, 1.82) is 0 Å². The van der Waals surface area contributed by atoms with E-state index >= 15 is 0 Å². The second-order valence-corrected chi connectivity index (χ2v) is 8.68. The van der Waals surface area contributed by atoms with Gasteiger partial charge in [-0.1, -0.05) is 25.1 Å². The first kappa shape index (κ1) is 19.5. The lowest BCUT2D eigenvalue weighted by molar-refractivity contribution is -0.122. The average molecular weight is 426 g/mol. The second-order valence-electron chi connectivity index (χ2n) is 5.58. The van der Waals surface area contributed by atoms with E-state index < -0.39 is 21.8 Å². The number of sulfone groups is 1. The van der Waals surface area contributed by atoms with Crippen molar-refractivity contribution in [2.75, 3.05) is 11.1 Å². The Morgan fingerprint density at radius 3 is 2.56 bits per heavy atom. The second kappa shape index (κ2) is 8.01. The van der Waals surface area contributed by atoms with Crippen molar-refractivity contribution in [3.63, 3.8) is 0 Å². The maximum atomic E-state index is 12.4. The van der Waals surface area contributed by atoms with Crippen molar-refractivity contribution in [3.05, 3.63) is 52.5 Å². The Kier molecular flexibility index (Phi) is 6.24. The summed E-state index contributed by atoms with van der Waals surface area (Å²) in [6, 6.07) is 11.9. The predicted octanol–water partition coefficient (Wildman–Crippen LogP) is 3.96. The smallest absolute Gasteiger partial charge is 0.265 e. The van der Waals surface area contributed by atoms with E-state index in [-0.39, 0.29) is 16.3 Å². The molecule has 0 saturated carbocycles. The molecule has 7 heteroatoms. The van der Waals surface area contributed by atoms with Crippen molar-refractivity contribution in [1.82, 2.24) is 0 Å². The van der Waals surface area contributed by atoms with Gasteiger partial charge in [-0.25, -0.2) is 8.42 Å². The Morgan fingerprint density at radius 1 is 1.24 bits per heavy atom. The number of hydrogen-bond acceptors (Lipinski definition) is 4. The zero-order chi connectivity index (χ0) is 18.6. The van der Waals surface area contributed by atoms with Crippen molar-refractivity contribution >= 4 is 37.4 Å². The van der Waals surface area contributed by atoms with Gasteiger partial charge in [-0.05, 0) is 59.6 Å². The van der Waals surface area contributed by atoms with E-state index in [2.05, 4.69) is 21.2 Å². The Labute approximate surface area is 156 Å². The molecule has 5 nitrogen and oxygen atoms in total. The van der Waals surface area contributed by atoms with Gasteiger partial charge in [0.2, 0.25) is 0 Å². The number of amides is 1. The largest absolute Gasteiger partial charge is 0.480 e. The van der Waals surface area contributed by atoms with Crippen LogP contribution < -0.4 is 10.1 Å². The normalized spacial score (nSPS) is 12.5. The number of halogens is 1. The lowest BCUT2D eigenvalue weighted by Gasteiger charge is -2.17. The van der Waals surface area contributed by atoms with Gasteiger partial charge in [0, 0.05) is 0 Å². The molecule has 0 aliphatic carbocycles. The minimum Gasteiger partial charge on any atom is -0.480 e. The number of anilines is 1. The van der Waals surface area contributed by atoms with Crippen LogP contribution in [0.2, 0.25) is 0 Å². The Balaban J connectivity index is 2.17. The van der Waals surface area contributed by atoms with E-state index in [0.29, 0.717) is 5.75 Å². The van der Waals surface area contributed by atoms with Gasteiger partial charge in [-0.2, -0.15) is 0 Å². The van der Waals surface area contributed by atoms with Crippen LogP contribution in [-0.2, 0) is 14.6 Å². The van der Waals surface area contributed by atoms with Gasteiger partial charge in [-0.3, -0.25) is 4.79 Å². The van der Waals surface area contributed by atoms with E-state index in [0.717, 1.165) is 10.0 Å². The molecule has 25 heavy (non-hydrogen) atoms. The first-order valence-electron chi connectivity index (χ1n) is 7.80. The molecule has 1 atom stereocenters. The summed E-state index contributed by atoms with van der Waals surface area (Å²) in [6.45, 7) is 5.13. The number of rotatable bonds is 6. The molecule has 2 aromatic carbocycles. The van der Waals surface area contributed by atoms with Crippen LogP contribution in [0.15, 0.2) is 51.8 Å². The molecule has 2 rings (SSSR count). The fraction of sp³-hybridized carbons (Fsp3) is 0.278.